The van der Waals surface area contributed by atoms with Gasteiger partial charge >= 0.3 is 170 Å². The molecule has 0 fully saturated rings. The van der Waals surface area contributed by atoms with E-state index >= 15 is 0 Å². The van der Waals surface area contributed by atoms with Gasteiger partial charge in [-0.25, -0.2) is 0 Å². The van der Waals surface area contributed by atoms with Crippen molar-refractivity contribution < 1.29 is 198 Å². The number of rotatable bonds is 0. The van der Waals surface area contributed by atoms with Gasteiger partial charge in [-0.15, -0.1) is 0 Å². The first kappa shape index (κ1) is 298. The number of hydrogen-bond acceptors (Lipinski definition) is 0. The molecule has 0 aliphatic rings. The molecule has 0 aromatic heterocycles. The van der Waals surface area contributed by atoms with E-state index in [1.807, 2.05) is 0 Å². The van der Waals surface area contributed by atoms with Crippen molar-refractivity contribution >= 4 is 18.0 Å². The molecule has 0 bridgehead atoms. The topological polar surface area (TPSA) is 0 Å². The second-order valence-electron chi connectivity index (χ2n) is 0. The van der Waals surface area contributed by atoms with E-state index in [-0.39, 0.29) is 216 Å². The van der Waals surface area contributed by atoms with Gasteiger partial charge in [0.05, 0.1) is 0 Å². The van der Waals surface area contributed by atoms with E-state index in [0.29, 0.717) is 0 Å². The van der Waals surface area contributed by atoms with E-state index in [4.69, 9.17) is 0 Å². The van der Waals surface area contributed by atoms with Gasteiger partial charge in [-0.05, 0) is 0 Å². The monoisotopic (exact) mass is 258 g/mol. The summed E-state index contributed by atoms with van der Waals surface area (Å²) in [5.74, 6) is 0. The molecule has 0 aliphatic carbocycles. The summed E-state index contributed by atoms with van der Waals surface area (Å²) >= 11 is 0. The average Bonchev–Trinajstić information content (AvgIpc) is 0. The summed E-state index contributed by atoms with van der Waals surface area (Å²) in [4.78, 5) is 0. The number of halogens is 6. The maximum atomic E-state index is 0. The molecule has 0 aromatic rings. The molecular weight excluding hydrogens is 251 g/mol. The third-order valence-electron chi connectivity index (χ3n) is 0. The van der Waals surface area contributed by atoms with Crippen molar-refractivity contribution in [1.82, 2.24) is 0 Å². The molecule has 0 radical (unpaired) electrons. The summed E-state index contributed by atoms with van der Waals surface area (Å²) in [6, 6.07) is 0. The standard InChI is InChI=1S/As.6FH.9Li/h;6*1H;;;;;;;;;/q-3;;;;;;;9*+1. The Morgan fingerprint density at radius 2 is 0.188 bits per heavy atom. The summed E-state index contributed by atoms with van der Waals surface area (Å²) in [7, 11) is 0. The van der Waals surface area contributed by atoms with Crippen molar-refractivity contribution in [2.45, 2.75) is 0 Å². The molecule has 0 rings (SSSR count). The fourth-order valence-corrected chi connectivity index (χ4v) is 0. The van der Waals surface area contributed by atoms with Crippen LogP contribution in [0.4, 0.5) is 28.2 Å². The van der Waals surface area contributed by atoms with Gasteiger partial charge in [0.15, 0.2) is 0 Å². The Morgan fingerprint density at radius 1 is 0.188 bits per heavy atom. The molecular formula is H6AsF6Li9+6. The van der Waals surface area contributed by atoms with Crippen molar-refractivity contribution in [3.05, 3.63) is 0 Å². The van der Waals surface area contributed by atoms with Gasteiger partial charge in [-0.2, -0.15) is 0 Å². The second-order valence-corrected chi connectivity index (χ2v) is 0. The molecule has 0 spiro atoms. The fourth-order valence-electron chi connectivity index (χ4n) is 0. The van der Waals surface area contributed by atoms with E-state index in [2.05, 4.69) is 0 Å². The summed E-state index contributed by atoms with van der Waals surface area (Å²) in [6.45, 7) is 0. The van der Waals surface area contributed by atoms with Gasteiger partial charge in [-0.1, -0.05) is 0 Å². The Hall–Kier alpha value is 5.52. The average molecular weight is 257 g/mol. The largest absolute Gasteiger partial charge is 3.00 e. The van der Waals surface area contributed by atoms with Crippen molar-refractivity contribution in [2.75, 3.05) is 0 Å². The predicted molar refractivity (Wildman–Crippen MR) is 20.8 cm³/mol. The summed E-state index contributed by atoms with van der Waals surface area (Å²) in [6.07, 6.45) is 0. The van der Waals surface area contributed by atoms with E-state index in [1.165, 1.54) is 0 Å². The molecule has 0 aliphatic heterocycles. The van der Waals surface area contributed by atoms with Crippen LogP contribution in [0.1, 0.15) is 0 Å². The van der Waals surface area contributed by atoms with Crippen LogP contribution in [0.25, 0.3) is 0 Å². The van der Waals surface area contributed by atoms with Crippen molar-refractivity contribution in [3.63, 3.8) is 0 Å². The van der Waals surface area contributed by atoms with Gasteiger partial charge in [-0.3, -0.25) is 28.2 Å². The van der Waals surface area contributed by atoms with Crippen LogP contribution >= 0.6 is 0 Å². The normalized spacial score (nSPS) is 0. The molecule has 16 heavy (non-hydrogen) atoms. The third-order valence-corrected chi connectivity index (χ3v) is 0. The van der Waals surface area contributed by atoms with Crippen LogP contribution in [0.3, 0.4) is 0 Å². The van der Waals surface area contributed by atoms with Crippen LogP contribution in [-0.4, -0.2) is 18.0 Å². The minimum Gasteiger partial charge on any atom is -3.00 e. The molecule has 56 valence electrons. The van der Waals surface area contributed by atoms with Crippen molar-refractivity contribution in [3.8, 4) is 0 Å². The van der Waals surface area contributed by atoms with Gasteiger partial charge in [0.1, 0.15) is 0 Å². The van der Waals surface area contributed by atoms with Crippen LogP contribution in [0, 0.1) is 0 Å². The molecule has 0 nitrogen and oxygen atoms in total. The van der Waals surface area contributed by atoms with E-state index in [0.717, 1.165) is 0 Å². The first-order chi connectivity index (χ1) is 0. The molecule has 16 heteroatoms. The van der Waals surface area contributed by atoms with Gasteiger partial charge in [0.25, 0.3) is 0 Å². The third kappa shape index (κ3) is 220. The fraction of sp³-hybridized carbons (Fsp3) is 0. The molecule has 0 atom stereocenters. The molecule has 0 unspecified atom stereocenters. The Balaban J connectivity index is 0. The Bertz CT molecular complexity index is 20.0. The van der Waals surface area contributed by atoms with E-state index < -0.39 is 0 Å². The molecule has 0 N–H and O–H groups in total. The zero-order chi connectivity index (χ0) is 0. The zero-order valence-corrected chi connectivity index (χ0v) is 13.8. The Kier molecular flexibility index (Phi) is 4780. The second kappa shape index (κ2) is 257. The summed E-state index contributed by atoms with van der Waals surface area (Å²) < 4.78 is 0. The smallest absolute Gasteiger partial charge is 1.00 e. The maximum absolute atomic E-state index is 0. The quantitative estimate of drug-likeness (QED) is 0.299. The van der Waals surface area contributed by atoms with Crippen LogP contribution in [0.15, 0.2) is 0 Å². The Morgan fingerprint density at radius 3 is 0.188 bits per heavy atom. The first-order valence-electron chi connectivity index (χ1n) is 0. The molecule has 0 saturated heterocycles. The minimum absolute atomic E-state index is 0. The SMILES string of the molecule is F.F.F.F.F.F.[As-3].[Li+].[Li+].[Li+].[Li+].[Li+].[Li+].[Li+].[Li+].[Li+]. The zero-order valence-electron chi connectivity index (χ0n) is 11.9. The van der Waals surface area contributed by atoms with Crippen LogP contribution in [0.2, 0.25) is 0 Å². The molecule has 0 aromatic carbocycles. The van der Waals surface area contributed by atoms with Crippen LogP contribution in [0.5, 0.6) is 0 Å². The van der Waals surface area contributed by atoms with Gasteiger partial charge in [0, 0.05) is 0 Å². The van der Waals surface area contributed by atoms with Crippen molar-refractivity contribution in [1.29, 1.82) is 0 Å². The Labute approximate surface area is 212 Å². The van der Waals surface area contributed by atoms with Crippen LogP contribution < -0.4 is 170 Å². The number of hydrogen-bond donors (Lipinski definition) is 0. The molecule has 0 heterocycles. The first-order valence-corrected chi connectivity index (χ1v) is 0. The van der Waals surface area contributed by atoms with Crippen LogP contribution in [-0.2, 0) is 0 Å². The molecule has 0 saturated carbocycles. The van der Waals surface area contributed by atoms with E-state index in [1.54, 1.807) is 0 Å². The van der Waals surface area contributed by atoms with Gasteiger partial charge in [0.2, 0.25) is 0 Å². The maximum Gasteiger partial charge on any atom is 1.00 e. The minimum atomic E-state index is 0. The van der Waals surface area contributed by atoms with E-state index in [9.17, 15) is 0 Å². The summed E-state index contributed by atoms with van der Waals surface area (Å²) in [5.41, 5.74) is 0. The summed E-state index contributed by atoms with van der Waals surface area (Å²) in [5, 5.41) is 0. The molecule has 0 amide bonds. The van der Waals surface area contributed by atoms with Gasteiger partial charge < -0.3 is 18.0 Å². The predicted octanol–water partition coefficient (Wildman–Crippen LogP) is -26.4. The van der Waals surface area contributed by atoms with Crippen molar-refractivity contribution in [2.24, 2.45) is 0 Å².